The van der Waals surface area contributed by atoms with Crippen molar-refractivity contribution in [3.63, 3.8) is 0 Å². The highest BCUT2D eigenvalue weighted by molar-refractivity contribution is 7.10. The van der Waals surface area contributed by atoms with E-state index in [0.29, 0.717) is 18.9 Å². The SMILES string of the molecule is O=C(Cc1cccs1)NCCn1cnnc1C1CC1. The Hall–Kier alpha value is -1.69. The first-order valence-electron chi connectivity index (χ1n) is 6.49. The Labute approximate surface area is 115 Å². The van der Waals surface area contributed by atoms with Gasteiger partial charge in [0.1, 0.15) is 12.2 Å². The molecule has 1 aliphatic carbocycles. The summed E-state index contributed by atoms with van der Waals surface area (Å²) in [6, 6.07) is 3.95. The summed E-state index contributed by atoms with van der Waals surface area (Å²) in [7, 11) is 0. The molecule has 0 radical (unpaired) electrons. The normalized spacial score (nSPS) is 14.5. The highest BCUT2D eigenvalue weighted by Crippen LogP contribution is 2.38. The van der Waals surface area contributed by atoms with Crippen LogP contribution in [0.15, 0.2) is 23.8 Å². The maximum atomic E-state index is 11.7. The molecule has 1 saturated carbocycles. The van der Waals surface area contributed by atoms with Gasteiger partial charge in [-0.05, 0) is 24.3 Å². The highest BCUT2D eigenvalue weighted by Gasteiger charge is 2.28. The second-order valence-electron chi connectivity index (χ2n) is 4.76. The molecule has 0 atom stereocenters. The van der Waals surface area contributed by atoms with Gasteiger partial charge in [0.15, 0.2) is 0 Å². The Morgan fingerprint density at radius 1 is 1.53 bits per heavy atom. The summed E-state index contributed by atoms with van der Waals surface area (Å²) in [5.41, 5.74) is 0. The first kappa shape index (κ1) is 12.3. The second kappa shape index (κ2) is 5.52. The Morgan fingerprint density at radius 3 is 3.16 bits per heavy atom. The first-order chi connectivity index (χ1) is 9.33. The lowest BCUT2D eigenvalue weighted by Gasteiger charge is -2.07. The predicted molar refractivity (Wildman–Crippen MR) is 73.0 cm³/mol. The fraction of sp³-hybridized carbons (Fsp3) is 0.462. The number of amides is 1. The summed E-state index contributed by atoms with van der Waals surface area (Å²) in [4.78, 5) is 12.8. The van der Waals surface area contributed by atoms with Gasteiger partial charge in [-0.15, -0.1) is 21.5 Å². The molecule has 1 aliphatic rings. The van der Waals surface area contributed by atoms with Crippen molar-refractivity contribution < 1.29 is 4.79 Å². The van der Waals surface area contributed by atoms with Crippen LogP contribution in [-0.2, 0) is 17.8 Å². The fourth-order valence-electron chi connectivity index (χ4n) is 2.04. The molecule has 6 heteroatoms. The van der Waals surface area contributed by atoms with E-state index in [-0.39, 0.29) is 5.91 Å². The van der Waals surface area contributed by atoms with Crippen molar-refractivity contribution in [3.8, 4) is 0 Å². The smallest absolute Gasteiger partial charge is 0.225 e. The fourth-order valence-corrected chi connectivity index (χ4v) is 2.75. The van der Waals surface area contributed by atoms with E-state index >= 15 is 0 Å². The van der Waals surface area contributed by atoms with E-state index in [1.54, 1.807) is 17.7 Å². The molecule has 0 saturated heterocycles. The number of carbonyl (C=O) groups excluding carboxylic acids is 1. The number of nitrogens with zero attached hydrogens (tertiary/aromatic N) is 3. The molecule has 0 aliphatic heterocycles. The third-order valence-electron chi connectivity index (χ3n) is 3.18. The molecule has 0 bridgehead atoms. The van der Waals surface area contributed by atoms with Gasteiger partial charge in [0, 0.05) is 23.9 Å². The van der Waals surface area contributed by atoms with Gasteiger partial charge in [0.05, 0.1) is 6.42 Å². The maximum Gasteiger partial charge on any atom is 0.225 e. The molecule has 3 rings (SSSR count). The van der Waals surface area contributed by atoms with Gasteiger partial charge in [-0.2, -0.15) is 0 Å². The summed E-state index contributed by atoms with van der Waals surface area (Å²) in [5, 5.41) is 13.0. The van der Waals surface area contributed by atoms with Crippen molar-refractivity contribution in [3.05, 3.63) is 34.5 Å². The van der Waals surface area contributed by atoms with Gasteiger partial charge < -0.3 is 9.88 Å². The standard InChI is InChI=1S/C13H16N4OS/c18-12(8-11-2-1-7-19-11)14-5-6-17-9-15-16-13(17)10-3-4-10/h1-2,7,9-10H,3-6,8H2,(H,14,18). The van der Waals surface area contributed by atoms with Crippen molar-refractivity contribution in [1.29, 1.82) is 0 Å². The third kappa shape index (κ3) is 3.20. The van der Waals surface area contributed by atoms with Crippen molar-refractivity contribution in [1.82, 2.24) is 20.1 Å². The molecule has 0 aromatic carbocycles. The summed E-state index contributed by atoms with van der Waals surface area (Å²) in [6.45, 7) is 1.37. The lowest BCUT2D eigenvalue weighted by Crippen LogP contribution is -2.28. The van der Waals surface area contributed by atoms with Crippen LogP contribution in [0.5, 0.6) is 0 Å². The van der Waals surface area contributed by atoms with Gasteiger partial charge in [-0.25, -0.2) is 0 Å². The number of hydrogen-bond acceptors (Lipinski definition) is 4. The summed E-state index contributed by atoms with van der Waals surface area (Å²) < 4.78 is 2.04. The van der Waals surface area contributed by atoms with Crippen molar-refractivity contribution in [2.45, 2.75) is 31.7 Å². The van der Waals surface area contributed by atoms with Gasteiger partial charge >= 0.3 is 0 Å². The monoisotopic (exact) mass is 276 g/mol. The number of nitrogens with one attached hydrogen (secondary N) is 1. The van der Waals surface area contributed by atoms with Gasteiger partial charge in [-0.1, -0.05) is 6.07 Å². The Balaban J connectivity index is 1.45. The topological polar surface area (TPSA) is 59.8 Å². The zero-order valence-electron chi connectivity index (χ0n) is 10.6. The zero-order valence-corrected chi connectivity index (χ0v) is 11.4. The minimum atomic E-state index is 0.0727. The summed E-state index contributed by atoms with van der Waals surface area (Å²) in [5.74, 6) is 1.72. The van der Waals surface area contributed by atoms with Crippen LogP contribution in [0, 0.1) is 0 Å². The molecule has 1 amide bonds. The zero-order chi connectivity index (χ0) is 13.1. The third-order valence-corrected chi connectivity index (χ3v) is 4.05. The molecular formula is C13H16N4OS. The van der Waals surface area contributed by atoms with Gasteiger partial charge in [-0.3, -0.25) is 4.79 Å². The molecule has 1 N–H and O–H groups in total. The number of aromatic nitrogens is 3. The lowest BCUT2D eigenvalue weighted by molar-refractivity contribution is -0.120. The largest absolute Gasteiger partial charge is 0.354 e. The Bertz CT molecular complexity index is 545. The Kier molecular flexibility index (Phi) is 3.59. The molecule has 0 spiro atoms. The molecule has 0 unspecified atom stereocenters. The highest BCUT2D eigenvalue weighted by atomic mass is 32.1. The number of thiophene rings is 1. The molecule has 2 heterocycles. The van der Waals surface area contributed by atoms with E-state index in [4.69, 9.17) is 0 Å². The number of carbonyl (C=O) groups is 1. The number of rotatable bonds is 6. The van der Waals surface area contributed by atoms with E-state index in [2.05, 4.69) is 15.5 Å². The van der Waals surface area contributed by atoms with E-state index in [0.717, 1.165) is 17.2 Å². The van der Waals surface area contributed by atoms with Crippen LogP contribution in [0.2, 0.25) is 0 Å². The van der Waals surface area contributed by atoms with Crippen molar-refractivity contribution in [2.75, 3.05) is 6.54 Å². The average molecular weight is 276 g/mol. The molecule has 1 fully saturated rings. The molecule has 2 aromatic rings. The van der Waals surface area contributed by atoms with Crippen molar-refractivity contribution in [2.24, 2.45) is 0 Å². The summed E-state index contributed by atoms with van der Waals surface area (Å²) in [6.07, 6.45) is 4.64. The van der Waals surface area contributed by atoms with E-state index < -0.39 is 0 Å². The minimum Gasteiger partial charge on any atom is -0.354 e. The van der Waals surface area contributed by atoms with Gasteiger partial charge in [0.2, 0.25) is 5.91 Å². The quantitative estimate of drug-likeness (QED) is 0.871. The second-order valence-corrected chi connectivity index (χ2v) is 5.80. The van der Waals surface area contributed by atoms with Gasteiger partial charge in [0.25, 0.3) is 0 Å². The maximum absolute atomic E-state index is 11.7. The average Bonchev–Trinajstić information content (AvgIpc) is 2.92. The van der Waals surface area contributed by atoms with E-state index in [9.17, 15) is 4.79 Å². The van der Waals surface area contributed by atoms with Crippen molar-refractivity contribution >= 4 is 17.2 Å². The van der Waals surface area contributed by atoms with E-state index in [1.807, 2.05) is 22.1 Å². The lowest BCUT2D eigenvalue weighted by atomic mass is 10.3. The molecule has 2 aromatic heterocycles. The number of hydrogen-bond donors (Lipinski definition) is 1. The van der Waals surface area contributed by atoms with Crippen LogP contribution >= 0.6 is 11.3 Å². The summed E-state index contributed by atoms with van der Waals surface area (Å²) >= 11 is 1.61. The molecular weight excluding hydrogens is 260 g/mol. The van der Waals surface area contributed by atoms with E-state index in [1.165, 1.54) is 12.8 Å². The van der Waals surface area contributed by atoms with Crippen LogP contribution in [-0.4, -0.2) is 27.2 Å². The van der Waals surface area contributed by atoms with Crippen LogP contribution in [0.25, 0.3) is 0 Å². The van der Waals surface area contributed by atoms with Crippen LogP contribution in [0.4, 0.5) is 0 Å². The van der Waals surface area contributed by atoms with Crippen LogP contribution in [0.1, 0.15) is 29.5 Å². The first-order valence-corrected chi connectivity index (χ1v) is 7.37. The van der Waals surface area contributed by atoms with Crippen LogP contribution in [0.3, 0.4) is 0 Å². The Morgan fingerprint density at radius 2 is 2.42 bits per heavy atom. The predicted octanol–water partition coefficient (Wildman–Crippen LogP) is 1.58. The van der Waals surface area contributed by atoms with Crippen LogP contribution < -0.4 is 5.32 Å². The molecule has 100 valence electrons. The molecule has 5 nitrogen and oxygen atoms in total. The molecule has 19 heavy (non-hydrogen) atoms. The minimum absolute atomic E-state index is 0.0727.